The van der Waals surface area contributed by atoms with E-state index in [-0.39, 0.29) is 37.5 Å². The monoisotopic (exact) mass is 340 g/mol. The summed E-state index contributed by atoms with van der Waals surface area (Å²) in [5, 5.41) is 17.3. The Balaban J connectivity index is 1.76. The molecule has 0 unspecified atom stereocenters. The van der Waals surface area contributed by atoms with Crippen molar-refractivity contribution in [2.45, 2.75) is 19.4 Å². The van der Waals surface area contributed by atoms with Crippen molar-refractivity contribution in [3.05, 3.63) is 57.1 Å². The third kappa shape index (κ3) is 4.75. The summed E-state index contributed by atoms with van der Waals surface area (Å²) in [5.74, 6) is -0.661. The molecule has 1 amide bonds. The highest BCUT2D eigenvalue weighted by atomic mass is 35.5. The molecule has 0 aliphatic carbocycles. The summed E-state index contributed by atoms with van der Waals surface area (Å²) in [6, 6.07) is 4.42. The third-order valence-electron chi connectivity index (χ3n) is 3.16. The molecule has 122 valence electrons. The number of carbonyl (C=O) groups excluding carboxylic acids is 1. The van der Waals surface area contributed by atoms with Crippen LogP contribution in [0.5, 0.6) is 0 Å². The fourth-order valence-corrected chi connectivity index (χ4v) is 2.23. The molecule has 23 heavy (non-hydrogen) atoms. The molecule has 0 aliphatic heterocycles. The van der Waals surface area contributed by atoms with Gasteiger partial charge in [-0.15, -0.1) is 0 Å². The van der Waals surface area contributed by atoms with Gasteiger partial charge in [-0.3, -0.25) is 19.6 Å². The molecule has 0 radical (unpaired) electrons. The van der Waals surface area contributed by atoms with Crippen LogP contribution in [-0.2, 0) is 17.8 Å². The lowest BCUT2D eigenvalue weighted by molar-refractivity contribution is -0.385. The smallest absolute Gasteiger partial charge is 0.306 e. The molecule has 0 saturated heterocycles. The first-order valence-corrected chi connectivity index (χ1v) is 7.21. The first-order chi connectivity index (χ1) is 11.0. The number of carbonyl (C=O) groups is 1. The van der Waals surface area contributed by atoms with Crippen molar-refractivity contribution in [3.8, 4) is 0 Å². The van der Waals surface area contributed by atoms with Gasteiger partial charge < -0.3 is 5.32 Å². The zero-order chi connectivity index (χ0) is 16.8. The van der Waals surface area contributed by atoms with E-state index in [1.165, 1.54) is 23.0 Å². The van der Waals surface area contributed by atoms with Crippen LogP contribution in [0.15, 0.2) is 30.6 Å². The van der Waals surface area contributed by atoms with Crippen LogP contribution in [0.4, 0.5) is 10.1 Å². The van der Waals surface area contributed by atoms with Crippen LogP contribution in [0.3, 0.4) is 0 Å². The van der Waals surface area contributed by atoms with Gasteiger partial charge in [-0.25, -0.2) is 4.39 Å². The fraction of sp³-hybridized carbons (Fsp3) is 0.286. The standard InChI is InChI=1S/C14H14ClFN4O3/c15-12-2-1-3-13(16)11(12)4-6-17-14(21)5-7-19-9-10(8-18-19)20(22)23/h1-3,8-9H,4-7H2,(H,17,21). The van der Waals surface area contributed by atoms with Gasteiger partial charge in [0.15, 0.2) is 0 Å². The maximum Gasteiger partial charge on any atom is 0.306 e. The molecular formula is C14H14ClFN4O3. The Kier molecular flexibility index (Phi) is 5.64. The second-order valence-electron chi connectivity index (χ2n) is 4.77. The van der Waals surface area contributed by atoms with Crippen LogP contribution in [0.2, 0.25) is 5.02 Å². The number of rotatable bonds is 7. The SMILES string of the molecule is O=C(CCn1cc([N+](=O)[O-])cn1)NCCc1c(F)cccc1Cl. The molecule has 0 saturated carbocycles. The number of aryl methyl sites for hydroxylation is 1. The summed E-state index contributed by atoms with van der Waals surface area (Å²) in [4.78, 5) is 21.7. The summed E-state index contributed by atoms with van der Waals surface area (Å²) in [6.45, 7) is 0.471. The van der Waals surface area contributed by atoms with E-state index in [1.807, 2.05) is 0 Å². The van der Waals surface area contributed by atoms with E-state index in [4.69, 9.17) is 11.6 Å². The van der Waals surface area contributed by atoms with Crippen LogP contribution in [0.1, 0.15) is 12.0 Å². The molecule has 1 N–H and O–H groups in total. The van der Waals surface area contributed by atoms with Gasteiger partial charge >= 0.3 is 5.69 Å². The van der Waals surface area contributed by atoms with Crippen molar-refractivity contribution in [1.82, 2.24) is 15.1 Å². The normalized spacial score (nSPS) is 10.5. The maximum atomic E-state index is 13.5. The zero-order valence-electron chi connectivity index (χ0n) is 12.0. The Hall–Kier alpha value is -2.48. The summed E-state index contributed by atoms with van der Waals surface area (Å²) < 4.78 is 14.9. The van der Waals surface area contributed by atoms with Gasteiger partial charge in [0.1, 0.15) is 18.2 Å². The average Bonchev–Trinajstić information content (AvgIpc) is 2.97. The number of halogens is 2. The number of aromatic nitrogens is 2. The summed E-state index contributed by atoms with van der Waals surface area (Å²) in [5.41, 5.74) is 0.233. The minimum Gasteiger partial charge on any atom is -0.356 e. The topological polar surface area (TPSA) is 90.1 Å². The Labute approximate surface area is 136 Å². The average molecular weight is 341 g/mol. The van der Waals surface area contributed by atoms with Gasteiger partial charge in [-0.1, -0.05) is 17.7 Å². The van der Waals surface area contributed by atoms with Crippen molar-refractivity contribution in [2.75, 3.05) is 6.54 Å². The lowest BCUT2D eigenvalue weighted by atomic mass is 10.1. The number of amides is 1. The van der Waals surface area contributed by atoms with Gasteiger partial charge in [-0.05, 0) is 18.6 Å². The Morgan fingerprint density at radius 1 is 1.48 bits per heavy atom. The van der Waals surface area contributed by atoms with Gasteiger partial charge in [0, 0.05) is 30.1 Å². The molecule has 0 fully saturated rings. The molecule has 1 heterocycles. The lowest BCUT2D eigenvalue weighted by Crippen LogP contribution is -2.26. The number of hydrogen-bond donors (Lipinski definition) is 1. The zero-order valence-corrected chi connectivity index (χ0v) is 12.8. The highest BCUT2D eigenvalue weighted by Gasteiger charge is 2.10. The number of hydrogen-bond acceptors (Lipinski definition) is 4. The van der Waals surface area contributed by atoms with E-state index in [2.05, 4.69) is 10.4 Å². The number of nitrogens with one attached hydrogen (secondary N) is 1. The van der Waals surface area contributed by atoms with Gasteiger partial charge in [0.2, 0.25) is 5.91 Å². The molecule has 0 bridgehead atoms. The highest BCUT2D eigenvalue weighted by molar-refractivity contribution is 6.31. The molecule has 0 spiro atoms. The molecule has 2 aromatic rings. The fourth-order valence-electron chi connectivity index (χ4n) is 1.97. The van der Waals surface area contributed by atoms with E-state index < -0.39 is 10.7 Å². The molecule has 1 aromatic heterocycles. The van der Waals surface area contributed by atoms with E-state index >= 15 is 0 Å². The molecule has 0 aliphatic rings. The quantitative estimate of drug-likeness (QED) is 0.618. The maximum absolute atomic E-state index is 13.5. The Morgan fingerprint density at radius 2 is 2.26 bits per heavy atom. The number of nitrogens with zero attached hydrogens (tertiary/aromatic N) is 3. The van der Waals surface area contributed by atoms with E-state index in [9.17, 15) is 19.3 Å². The molecular weight excluding hydrogens is 327 g/mol. The Morgan fingerprint density at radius 3 is 2.91 bits per heavy atom. The second kappa shape index (κ2) is 7.68. The summed E-state index contributed by atoms with van der Waals surface area (Å²) in [6.07, 6.45) is 2.78. The van der Waals surface area contributed by atoms with Crippen LogP contribution < -0.4 is 5.32 Å². The predicted molar refractivity (Wildman–Crippen MR) is 81.6 cm³/mol. The van der Waals surface area contributed by atoms with Crippen LogP contribution in [0, 0.1) is 15.9 Å². The van der Waals surface area contributed by atoms with E-state index in [0.717, 1.165) is 6.20 Å². The first kappa shape index (κ1) is 16.9. The van der Waals surface area contributed by atoms with Crippen molar-refractivity contribution < 1.29 is 14.1 Å². The molecule has 2 rings (SSSR count). The predicted octanol–water partition coefficient (Wildman–Crippen LogP) is 2.33. The van der Waals surface area contributed by atoms with Gasteiger partial charge in [0.05, 0.1) is 4.92 Å². The third-order valence-corrected chi connectivity index (χ3v) is 3.51. The minimum absolute atomic E-state index is 0.115. The molecule has 7 nitrogen and oxygen atoms in total. The molecule has 0 atom stereocenters. The lowest BCUT2D eigenvalue weighted by Gasteiger charge is -2.07. The van der Waals surface area contributed by atoms with E-state index in [1.54, 1.807) is 6.07 Å². The molecule has 9 heteroatoms. The largest absolute Gasteiger partial charge is 0.356 e. The minimum atomic E-state index is -0.554. The van der Waals surface area contributed by atoms with Crippen molar-refractivity contribution in [2.24, 2.45) is 0 Å². The van der Waals surface area contributed by atoms with Crippen LogP contribution in [0.25, 0.3) is 0 Å². The highest BCUT2D eigenvalue weighted by Crippen LogP contribution is 2.18. The van der Waals surface area contributed by atoms with Crippen molar-refractivity contribution >= 4 is 23.2 Å². The van der Waals surface area contributed by atoms with Gasteiger partial charge in [-0.2, -0.15) is 5.10 Å². The summed E-state index contributed by atoms with van der Waals surface area (Å²) in [7, 11) is 0. The van der Waals surface area contributed by atoms with Gasteiger partial charge in [0.25, 0.3) is 0 Å². The first-order valence-electron chi connectivity index (χ1n) is 6.84. The second-order valence-corrected chi connectivity index (χ2v) is 5.18. The summed E-state index contributed by atoms with van der Waals surface area (Å²) >= 11 is 5.89. The number of nitro groups is 1. The van der Waals surface area contributed by atoms with Crippen LogP contribution >= 0.6 is 11.6 Å². The van der Waals surface area contributed by atoms with E-state index in [0.29, 0.717) is 10.6 Å². The van der Waals surface area contributed by atoms with Crippen molar-refractivity contribution in [1.29, 1.82) is 0 Å². The number of benzene rings is 1. The molecule has 1 aromatic carbocycles. The van der Waals surface area contributed by atoms with Crippen molar-refractivity contribution in [3.63, 3.8) is 0 Å². The Bertz CT molecular complexity index is 700. The van der Waals surface area contributed by atoms with Crippen LogP contribution in [-0.4, -0.2) is 27.2 Å².